The van der Waals surface area contributed by atoms with Crippen molar-refractivity contribution in [3.05, 3.63) is 45.0 Å². The van der Waals surface area contributed by atoms with Gasteiger partial charge in [-0.1, -0.05) is 11.6 Å². The molecule has 0 radical (unpaired) electrons. The van der Waals surface area contributed by atoms with Crippen LogP contribution in [-0.4, -0.2) is 18.0 Å². The molecule has 0 saturated carbocycles. The highest BCUT2D eigenvalue weighted by Gasteiger charge is 2.07. The lowest BCUT2D eigenvalue weighted by Gasteiger charge is -1.97. The third kappa shape index (κ3) is 3.06. The van der Waals surface area contributed by atoms with Crippen molar-refractivity contribution >= 4 is 29.3 Å². The van der Waals surface area contributed by atoms with E-state index in [0.29, 0.717) is 5.56 Å². The number of halogens is 1. The van der Waals surface area contributed by atoms with Crippen LogP contribution in [0.3, 0.4) is 0 Å². The summed E-state index contributed by atoms with van der Waals surface area (Å²) < 4.78 is 4.40. The fourth-order valence-corrected chi connectivity index (χ4v) is 1.23. The molecule has 0 unspecified atom stereocenters. The van der Waals surface area contributed by atoms with Gasteiger partial charge in [-0.3, -0.25) is 10.1 Å². The largest absolute Gasteiger partial charge is 0.466 e. The van der Waals surface area contributed by atoms with E-state index < -0.39 is 10.9 Å². The number of carbonyl (C=O) groups is 1. The molecule has 0 atom stereocenters. The van der Waals surface area contributed by atoms with E-state index in [-0.39, 0.29) is 10.7 Å². The van der Waals surface area contributed by atoms with Crippen LogP contribution < -0.4 is 0 Å². The smallest absolute Gasteiger partial charge is 0.330 e. The maximum atomic E-state index is 10.8. The molecule has 0 amide bonds. The zero-order chi connectivity index (χ0) is 12.1. The molecule has 0 heterocycles. The number of nitro benzene ring substituents is 1. The third-order valence-corrected chi connectivity index (χ3v) is 2.12. The molecular formula is C10H8ClNO4. The molecule has 1 rings (SSSR count). The number of hydrogen-bond donors (Lipinski definition) is 0. The van der Waals surface area contributed by atoms with Crippen molar-refractivity contribution < 1.29 is 14.5 Å². The molecule has 1 aromatic carbocycles. The first-order valence-corrected chi connectivity index (χ1v) is 4.62. The Morgan fingerprint density at radius 1 is 1.56 bits per heavy atom. The van der Waals surface area contributed by atoms with Crippen LogP contribution in [0.5, 0.6) is 0 Å². The van der Waals surface area contributed by atoms with Crippen molar-refractivity contribution in [2.45, 2.75) is 0 Å². The van der Waals surface area contributed by atoms with Gasteiger partial charge in [0.15, 0.2) is 0 Å². The van der Waals surface area contributed by atoms with E-state index in [1.165, 1.54) is 37.5 Å². The van der Waals surface area contributed by atoms with Gasteiger partial charge in [0.1, 0.15) is 0 Å². The molecule has 16 heavy (non-hydrogen) atoms. The number of esters is 1. The summed E-state index contributed by atoms with van der Waals surface area (Å²) in [6.07, 6.45) is 2.62. The fourth-order valence-electron chi connectivity index (χ4n) is 0.991. The van der Waals surface area contributed by atoms with Gasteiger partial charge in [-0.2, -0.15) is 0 Å². The number of carbonyl (C=O) groups excluding carboxylic acids is 1. The lowest BCUT2D eigenvalue weighted by Crippen LogP contribution is -1.93. The molecule has 0 aliphatic rings. The Hall–Kier alpha value is -1.88. The molecule has 0 bridgehead atoms. The number of non-ortho nitro benzene ring substituents is 1. The van der Waals surface area contributed by atoms with Crippen molar-refractivity contribution in [1.82, 2.24) is 0 Å². The second-order valence-electron chi connectivity index (χ2n) is 2.82. The van der Waals surface area contributed by atoms with Crippen molar-refractivity contribution in [2.24, 2.45) is 0 Å². The van der Waals surface area contributed by atoms with E-state index in [2.05, 4.69) is 4.74 Å². The first kappa shape index (κ1) is 12.2. The van der Waals surface area contributed by atoms with Crippen LogP contribution in [0.1, 0.15) is 5.56 Å². The van der Waals surface area contributed by atoms with Gasteiger partial charge in [0, 0.05) is 18.2 Å². The number of nitrogens with zero attached hydrogens (tertiary/aromatic N) is 1. The van der Waals surface area contributed by atoms with Crippen LogP contribution in [-0.2, 0) is 9.53 Å². The summed E-state index contributed by atoms with van der Waals surface area (Å²) in [6, 6.07) is 3.99. The number of nitro groups is 1. The zero-order valence-electron chi connectivity index (χ0n) is 8.34. The highest BCUT2D eigenvalue weighted by Crippen LogP contribution is 2.23. The predicted octanol–water partition coefficient (Wildman–Crippen LogP) is 2.43. The average molecular weight is 242 g/mol. The molecule has 0 aromatic heterocycles. The van der Waals surface area contributed by atoms with Crippen molar-refractivity contribution in [3.63, 3.8) is 0 Å². The monoisotopic (exact) mass is 241 g/mol. The van der Waals surface area contributed by atoms with E-state index in [1.807, 2.05) is 0 Å². The summed E-state index contributed by atoms with van der Waals surface area (Å²) in [5.41, 5.74) is 0.415. The van der Waals surface area contributed by atoms with E-state index >= 15 is 0 Å². The Morgan fingerprint density at radius 3 is 2.75 bits per heavy atom. The summed E-state index contributed by atoms with van der Waals surface area (Å²) in [5.74, 6) is -0.519. The predicted molar refractivity (Wildman–Crippen MR) is 59.2 cm³/mol. The number of ether oxygens (including phenoxy) is 1. The molecule has 6 heteroatoms. The van der Waals surface area contributed by atoms with Crippen LogP contribution in [0.25, 0.3) is 6.08 Å². The van der Waals surface area contributed by atoms with Crippen LogP contribution in [0.4, 0.5) is 5.69 Å². The normalized spacial score (nSPS) is 10.4. The molecule has 0 aliphatic carbocycles. The number of benzene rings is 1. The van der Waals surface area contributed by atoms with E-state index in [0.717, 1.165) is 0 Å². The van der Waals surface area contributed by atoms with Gasteiger partial charge < -0.3 is 4.74 Å². The summed E-state index contributed by atoms with van der Waals surface area (Å²) >= 11 is 5.79. The van der Waals surface area contributed by atoms with Gasteiger partial charge in [-0.15, -0.1) is 0 Å². The molecule has 84 valence electrons. The standard InChI is InChI=1S/C10H8ClNO4/c1-16-10(13)5-3-7-2-4-8(12(14)15)6-9(7)11/h2-6H,1H3/b5-3-. The van der Waals surface area contributed by atoms with Gasteiger partial charge in [-0.25, -0.2) is 4.79 Å². The average Bonchev–Trinajstić information content (AvgIpc) is 2.26. The molecule has 0 spiro atoms. The zero-order valence-corrected chi connectivity index (χ0v) is 9.10. The van der Waals surface area contributed by atoms with Crippen LogP contribution in [0.15, 0.2) is 24.3 Å². The van der Waals surface area contributed by atoms with Gasteiger partial charge in [0.2, 0.25) is 0 Å². The van der Waals surface area contributed by atoms with Gasteiger partial charge >= 0.3 is 5.97 Å². The molecule has 0 N–H and O–H groups in total. The Labute approximate surface area is 96.4 Å². The highest BCUT2D eigenvalue weighted by molar-refractivity contribution is 6.32. The van der Waals surface area contributed by atoms with Crippen LogP contribution in [0.2, 0.25) is 5.02 Å². The van der Waals surface area contributed by atoms with Gasteiger partial charge in [0.05, 0.1) is 17.1 Å². The Bertz CT molecular complexity index is 456. The summed E-state index contributed by atoms with van der Waals surface area (Å²) in [5, 5.41) is 10.6. The van der Waals surface area contributed by atoms with Crippen molar-refractivity contribution in [3.8, 4) is 0 Å². The minimum Gasteiger partial charge on any atom is -0.466 e. The molecule has 0 aliphatic heterocycles. The Kier molecular flexibility index (Phi) is 4.02. The van der Waals surface area contributed by atoms with Crippen molar-refractivity contribution in [2.75, 3.05) is 7.11 Å². The Morgan fingerprint density at radius 2 is 2.25 bits per heavy atom. The second-order valence-corrected chi connectivity index (χ2v) is 3.23. The number of rotatable bonds is 3. The quantitative estimate of drug-likeness (QED) is 0.353. The van der Waals surface area contributed by atoms with Crippen LogP contribution in [0, 0.1) is 10.1 Å². The van der Waals surface area contributed by atoms with E-state index in [9.17, 15) is 14.9 Å². The topological polar surface area (TPSA) is 69.4 Å². The first-order chi connectivity index (χ1) is 7.54. The van der Waals surface area contributed by atoms with Crippen molar-refractivity contribution in [1.29, 1.82) is 0 Å². The summed E-state index contributed by atoms with van der Waals surface area (Å²) in [7, 11) is 1.25. The fraction of sp³-hybridized carbons (Fsp3) is 0.100. The summed E-state index contributed by atoms with van der Waals surface area (Å²) in [4.78, 5) is 20.7. The minimum atomic E-state index is -0.542. The van der Waals surface area contributed by atoms with Gasteiger partial charge in [0.25, 0.3) is 5.69 Å². The van der Waals surface area contributed by atoms with Crippen LogP contribution >= 0.6 is 11.6 Å². The molecule has 5 nitrogen and oxygen atoms in total. The van der Waals surface area contributed by atoms with Gasteiger partial charge in [-0.05, 0) is 17.7 Å². The maximum Gasteiger partial charge on any atom is 0.330 e. The number of methoxy groups -OCH3 is 1. The van der Waals surface area contributed by atoms with E-state index in [4.69, 9.17) is 11.6 Å². The maximum absolute atomic E-state index is 10.8. The molecule has 0 saturated heterocycles. The molecular weight excluding hydrogens is 234 g/mol. The Balaban J connectivity index is 2.95. The summed E-state index contributed by atoms with van der Waals surface area (Å²) in [6.45, 7) is 0. The molecule has 0 fully saturated rings. The first-order valence-electron chi connectivity index (χ1n) is 4.24. The lowest BCUT2D eigenvalue weighted by molar-refractivity contribution is -0.384. The SMILES string of the molecule is COC(=O)/C=C\c1ccc([N+](=O)[O-])cc1Cl. The third-order valence-electron chi connectivity index (χ3n) is 1.80. The lowest BCUT2D eigenvalue weighted by atomic mass is 10.2. The number of hydrogen-bond acceptors (Lipinski definition) is 4. The second kappa shape index (κ2) is 5.27. The molecule has 1 aromatic rings. The highest BCUT2D eigenvalue weighted by atomic mass is 35.5. The van der Waals surface area contributed by atoms with E-state index in [1.54, 1.807) is 0 Å². The minimum absolute atomic E-state index is 0.0970.